The number of nitrogens with zero attached hydrogens (tertiary/aromatic N) is 2. The molecule has 1 aromatic rings. The molecule has 1 aromatic carbocycles. The van der Waals surface area contributed by atoms with Crippen LogP contribution in [0.5, 0.6) is 5.75 Å². The van der Waals surface area contributed by atoms with Crippen molar-refractivity contribution in [3.8, 4) is 5.75 Å². The van der Waals surface area contributed by atoms with Gasteiger partial charge >= 0.3 is 0 Å². The molecule has 0 aromatic heterocycles. The van der Waals surface area contributed by atoms with E-state index in [2.05, 4.69) is 0 Å². The van der Waals surface area contributed by atoms with Crippen LogP contribution >= 0.6 is 0 Å². The topological polar surface area (TPSA) is 49.9 Å². The van der Waals surface area contributed by atoms with Crippen LogP contribution in [-0.2, 0) is 9.59 Å². The summed E-state index contributed by atoms with van der Waals surface area (Å²) in [7, 11) is 0. The highest BCUT2D eigenvalue weighted by Crippen LogP contribution is 2.27. The summed E-state index contributed by atoms with van der Waals surface area (Å²) < 4.78 is 5.76. The van der Waals surface area contributed by atoms with Gasteiger partial charge < -0.3 is 14.5 Å². The van der Waals surface area contributed by atoms with Gasteiger partial charge in [-0.15, -0.1) is 0 Å². The van der Waals surface area contributed by atoms with Crippen molar-refractivity contribution in [2.45, 2.75) is 45.4 Å². The molecule has 5 nitrogen and oxygen atoms in total. The Morgan fingerprint density at radius 2 is 1.69 bits per heavy atom. The number of carbonyl (C=O) groups excluding carboxylic acids is 2. The summed E-state index contributed by atoms with van der Waals surface area (Å²) in [5.74, 6) is 1.60. The van der Waals surface area contributed by atoms with E-state index in [0.29, 0.717) is 51.5 Å². The van der Waals surface area contributed by atoms with Crippen LogP contribution < -0.4 is 4.74 Å². The molecule has 2 amide bonds. The van der Waals surface area contributed by atoms with Crippen molar-refractivity contribution in [3.63, 3.8) is 0 Å². The highest BCUT2D eigenvalue weighted by molar-refractivity contribution is 5.80. The molecule has 2 fully saturated rings. The van der Waals surface area contributed by atoms with Crippen molar-refractivity contribution in [2.24, 2.45) is 5.92 Å². The number of amides is 2. The van der Waals surface area contributed by atoms with Crippen LogP contribution in [-0.4, -0.2) is 54.4 Å². The van der Waals surface area contributed by atoms with Crippen molar-refractivity contribution in [1.29, 1.82) is 0 Å². The minimum Gasteiger partial charge on any atom is -0.493 e. The summed E-state index contributed by atoms with van der Waals surface area (Å²) in [6, 6.07) is 7.92. The Bertz CT molecular complexity index is 617. The Balaban J connectivity index is 1.34. The Morgan fingerprint density at radius 3 is 2.38 bits per heavy atom. The zero-order chi connectivity index (χ0) is 18.4. The van der Waals surface area contributed by atoms with Crippen molar-refractivity contribution in [3.05, 3.63) is 29.8 Å². The molecule has 0 atom stereocenters. The minimum absolute atomic E-state index is 0.173. The van der Waals surface area contributed by atoms with Crippen LogP contribution in [0.25, 0.3) is 0 Å². The Labute approximate surface area is 156 Å². The zero-order valence-electron chi connectivity index (χ0n) is 15.8. The van der Waals surface area contributed by atoms with Crippen molar-refractivity contribution >= 4 is 11.8 Å². The van der Waals surface area contributed by atoms with E-state index in [-0.39, 0.29) is 11.8 Å². The van der Waals surface area contributed by atoms with E-state index in [0.717, 1.165) is 24.2 Å². The molecule has 0 bridgehead atoms. The van der Waals surface area contributed by atoms with Gasteiger partial charge in [0.25, 0.3) is 0 Å². The van der Waals surface area contributed by atoms with Crippen LogP contribution in [0.4, 0.5) is 0 Å². The number of benzene rings is 1. The van der Waals surface area contributed by atoms with Gasteiger partial charge in [0.2, 0.25) is 11.8 Å². The third kappa shape index (κ3) is 4.77. The van der Waals surface area contributed by atoms with Crippen molar-refractivity contribution in [2.75, 3.05) is 32.8 Å². The van der Waals surface area contributed by atoms with E-state index in [1.165, 1.54) is 12.8 Å². The maximum Gasteiger partial charge on any atom is 0.225 e. The molecule has 2 aliphatic rings. The van der Waals surface area contributed by atoms with E-state index >= 15 is 0 Å². The number of rotatable bonds is 6. The van der Waals surface area contributed by atoms with E-state index in [1.807, 2.05) is 41.0 Å². The molecule has 0 spiro atoms. The monoisotopic (exact) mass is 358 g/mol. The van der Waals surface area contributed by atoms with Gasteiger partial charge in [0.15, 0.2) is 0 Å². The van der Waals surface area contributed by atoms with Crippen molar-refractivity contribution < 1.29 is 14.3 Å². The lowest BCUT2D eigenvalue weighted by molar-refractivity contribution is -0.142. The van der Waals surface area contributed by atoms with Gasteiger partial charge in [0, 0.05) is 38.5 Å². The SMILES string of the molecule is Cc1ccccc1OCCCC(=O)N1CCN(C(=O)C2CCCC2)CC1. The van der Waals surface area contributed by atoms with E-state index in [9.17, 15) is 9.59 Å². The largest absolute Gasteiger partial charge is 0.493 e. The number of carbonyl (C=O) groups is 2. The number of aryl methyl sites for hydroxylation is 1. The van der Waals surface area contributed by atoms with Gasteiger partial charge in [-0.05, 0) is 37.8 Å². The van der Waals surface area contributed by atoms with Crippen LogP contribution in [0.2, 0.25) is 0 Å². The fraction of sp³-hybridized carbons (Fsp3) is 0.619. The van der Waals surface area contributed by atoms with Gasteiger partial charge in [0.05, 0.1) is 6.61 Å². The highest BCUT2D eigenvalue weighted by atomic mass is 16.5. The zero-order valence-corrected chi connectivity index (χ0v) is 15.8. The lowest BCUT2D eigenvalue weighted by Crippen LogP contribution is -2.51. The van der Waals surface area contributed by atoms with Crippen molar-refractivity contribution in [1.82, 2.24) is 9.80 Å². The van der Waals surface area contributed by atoms with Gasteiger partial charge in [-0.25, -0.2) is 0 Å². The second kappa shape index (κ2) is 9.06. The molecule has 142 valence electrons. The number of piperazine rings is 1. The van der Waals surface area contributed by atoms with E-state index in [1.54, 1.807) is 0 Å². The smallest absolute Gasteiger partial charge is 0.225 e. The number of para-hydroxylation sites is 1. The third-order valence-corrected chi connectivity index (χ3v) is 5.53. The summed E-state index contributed by atoms with van der Waals surface area (Å²) in [5.41, 5.74) is 1.11. The number of hydrogen-bond acceptors (Lipinski definition) is 3. The first-order valence-electron chi connectivity index (χ1n) is 9.90. The molecule has 1 saturated carbocycles. The first kappa shape index (κ1) is 18.7. The molecule has 1 heterocycles. The quantitative estimate of drug-likeness (QED) is 0.735. The van der Waals surface area contributed by atoms with Gasteiger partial charge in [0.1, 0.15) is 5.75 Å². The first-order valence-corrected chi connectivity index (χ1v) is 9.90. The summed E-state index contributed by atoms with van der Waals surface area (Å²) in [6.07, 6.45) is 5.66. The summed E-state index contributed by atoms with van der Waals surface area (Å²) in [5, 5.41) is 0. The summed E-state index contributed by atoms with van der Waals surface area (Å²) in [6.45, 7) is 5.26. The minimum atomic E-state index is 0.173. The standard InChI is InChI=1S/C21H30N2O3/c1-17-7-2-5-10-19(17)26-16-6-11-20(24)22-12-14-23(15-13-22)21(25)18-8-3-4-9-18/h2,5,7,10,18H,3-4,6,8-9,11-16H2,1H3. The number of hydrogen-bond donors (Lipinski definition) is 0. The molecular weight excluding hydrogens is 328 g/mol. The maximum absolute atomic E-state index is 12.5. The van der Waals surface area contributed by atoms with E-state index < -0.39 is 0 Å². The predicted octanol–water partition coefficient (Wildman–Crippen LogP) is 3.02. The molecule has 0 radical (unpaired) electrons. The summed E-state index contributed by atoms with van der Waals surface area (Å²) >= 11 is 0. The second-order valence-corrected chi connectivity index (χ2v) is 7.40. The molecule has 1 saturated heterocycles. The molecule has 0 unspecified atom stereocenters. The van der Waals surface area contributed by atoms with Crippen LogP contribution in [0.15, 0.2) is 24.3 Å². The first-order chi connectivity index (χ1) is 12.6. The maximum atomic E-state index is 12.5. The highest BCUT2D eigenvalue weighted by Gasteiger charge is 2.30. The van der Waals surface area contributed by atoms with Gasteiger partial charge in [-0.3, -0.25) is 9.59 Å². The Morgan fingerprint density at radius 1 is 1.04 bits per heavy atom. The molecule has 26 heavy (non-hydrogen) atoms. The lowest BCUT2D eigenvalue weighted by atomic mass is 10.1. The Kier molecular flexibility index (Phi) is 6.53. The van der Waals surface area contributed by atoms with Crippen LogP contribution in [0, 0.1) is 12.8 Å². The Hall–Kier alpha value is -2.04. The molecule has 1 aliphatic heterocycles. The van der Waals surface area contributed by atoms with Gasteiger partial charge in [-0.2, -0.15) is 0 Å². The summed E-state index contributed by atoms with van der Waals surface area (Å²) in [4.78, 5) is 28.7. The fourth-order valence-corrected chi connectivity index (χ4v) is 3.89. The fourth-order valence-electron chi connectivity index (χ4n) is 3.89. The normalized spacial score (nSPS) is 18.2. The van der Waals surface area contributed by atoms with Gasteiger partial charge in [-0.1, -0.05) is 31.0 Å². The van der Waals surface area contributed by atoms with E-state index in [4.69, 9.17) is 4.74 Å². The lowest BCUT2D eigenvalue weighted by Gasteiger charge is -2.36. The third-order valence-electron chi connectivity index (χ3n) is 5.53. The average Bonchev–Trinajstić information content (AvgIpc) is 3.20. The van der Waals surface area contributed by atoms with Crippen LogP contribution in [0.1, 0.15) is 44.1 Å². The predicted molar refractivity (Wildman–Crippen MR) is 101 cm³/mol. The molecule has 3 rings (SSSR count). The van der Waals surface area contributed by atoms with Crippen LogP contribution in [0.3, 0.4) is 0 Å². The second-order valence-electron chi connectivity index (χ2n) is 7.40. The molecule has 5 heteroatoms. The molecule has 1 aliphatic carbocycles. The average molecular weight is 358 g/mol. The molecule has 0 N–H and O–H groups in total. The molecular formula is C21H30N2O3. The number of ether oxygens (including phenoxy) is 1.